The first-order valence-electron chi connectivity index (χ1n) is 5.12. The second kappa shape index (κ2) is 5.63. The number of rotatable bonds is 2. The maximum atomic E-state index is 5.89. The topological polar surface area (TPSA) is 35.2 Å². The predicted molar refractivity (Wildman–Crippen MR) is 85.9 cm³/mol. The number of anilines is 1. The average molecular weight is 436 g/mol. The van der Waals surface area contributed by atoms with E-state index >= 15 is 0 Å². The van der Waals surface area contributed by atoms with Gasteiger partial charge in [0.2, 0.25) is 0 Å². The molecular formula is C13H10Br3NO. The van der Waals surface area contributed by atoms with Crippen LogP contribution in [0.25, 0.3) is 11.1 Å². The number of methoxy groups -OCH3 is 1. The maximum absolute atomic E-state index is 5.89. The lowest BCUT2D eigenvalue weighted by atomic mass is 10.1. The standard InChI is InChI=1S/C13H10Br3NO/c1-18-8-4-2-7(3-5-8)11-9(14)6-10(17)12(15)13(11)16/h2-6H,17H2,1H3. The molecule has 2 rings (SSSR count). The van der Waals surface area contributed by atoms with Crippen LogP contribution in [-0.2, 0) is 0 Å². The molecule has 0 aromatic heterocycles. The van der Waals surface area contributed by atoms with Crippen molar-refractivity contribution in [2.24, 2.45) is 0 Å². The number of nitrogen functional groups attached to an aromatic ring is 1. The molecule has 0 bridgehead atoms. The van der Waals surface area contributed by atoms with E-state index in [1.807, 2.05) is 30.3 Å². The molecule has 18 heavy (non-hydrogen) atoms. The molecule has 0 unspecified atom stereocenters. The van der Waals surface area contributed by atoms with Crippen LogP contribution >= 0.6 is 47.8 Å². The number of ether oxygens (including phenoxy) is 1. The van der Waals surface area contributed by atoms with Crippen molar-refractivity contribution in [3.8, 4) is 16.9 Å². The first-order valence-corrected chi connectivity index (χ1v) is 7.50. The minimum atomic E-state index is 0.686. The summed E-state index contributed by atoms with van der Waals surface area (Å²) in [7, 11) is 1.65. The van der Waals surface area contributed by atoms with Gasteiger partial charge in [0.15, 0.2) is 0 Å². The van der Waals surface area contributed by atoms with Crippen LogP contribution in [0.3, 0.4) is 0 Å². The minimum Gasteiger partial charge on any atom is -0.497 e. The van der Waals surface area contributed by atoms with Crippen LogP contribution in [0.5, 0.6) is 5.75 Å². The Kier molecular flexibility index (Phi) is 4.35. The highest BCUT2D eigenvalue weighted by Crippen LogP contribution is 2.42. The molecule has 0 aliphatic rings. The van der Waals surface area contributed by atoms with Gasteiger partial charge in [-0.2, -0.15) is 0 Å². The summed E-state index contributed by atoms with van der Waals surface area (Å²) in [6, 6.07) is 9.75. The lowest BCUT2D eigenvalue weighted by Gasteiger charge is -2.12. The molecule has 0 saturated heterocycles. The van der Waals surface area contributed by atoms with Gasteiger partial charge in [-0.1, -0.05) is 28.1 Å². The van der Waals surface area contributed by atoms with Gasteiger partial charge in [-0.3, -0.25) is 0 Å². The summed E-state index contributed by atoms with van der Waals surface area (Å²) in [4.78, 5) is 0. The van der Waals surface area contributed by atoms with Gasteiger partial charge < -0.3 is 10.5 Å². The predicted octanol–water partition coefficient (Wildman–Crippen LogP) is 5.23. The second-order valence-corrected chi connectivity index (χ2v) is 6.12. The van der Waals surface area contributed by atoms with Crippen molar-refractivity contribution in [3.05, 3.63) is 43.7 Å². The number of nitrogens with two attached hydrogens (primary N) is 1. The number of hydrogen-bond acceptors (Lipinski definition) is 2. The molecule has 0 aliphatic heterocycles. The zero-order valence-electron chi connectivity index (χ0n) is 9.51. The van der Waals surface area contributed by atoms with Crippen molar-refractivity contribution in [1.29, 1.82) is 0 Å². The van der Waals surface area contributed by atoms with E-state index in [1.54, 1.807) is 7.11 Å². The number of benzene rings is 2. The molecule has 2 aromatic carbocycles. The highest BCUT2D eigenvalue weighted by molar-refractivity contribution is 9.13. The van der Waals surface area contributed by atoms with Crippen molar-refractivity contribution in [2.75, 3.05) is 12.8 Å². The van der Waals surface area contributed by atoms with Gasteiger partial charge >= 0.3 is 0 Å². The largest absolute Gasteiger partial charge is 0.497 e. The van der Waals surface area contributed by atoms with Crippen LogP contribution in [0.1, 0.15) is 0 Å². The molecule has 0 radical (unpaired) electrons. The normalized spacial score (nSPS) is 10.4. The van der Waals surface area contributed by atoms with E-state index in [2.05, 4.69) is 47.8 Å². The van der Waals surface area contributed by atoms with Gasteiger partial charge in [-0.15, -0.1) is 0 Å². The molecule has 94 valence electrons. The van der Waals surface area contributed by atoms with Gasteiger partial charge in [0.05, 0.1) is 11.6 Å². The van der Waals surface area contributed by atoms with Crippen LogP contribution < -0.4 is 10.5 Å². The molecule has 5 heteroatoms. The summed E-state index contributed by atoms with van der Waals surface area (Å²) in [6.45, 7) is 0. The van der Waals surface area contributed by atoms with E-state index in [0.717, 1.165) is 30.3 Å². The van der Waals surface area contributed by atoms with Crippen LogP contribution in [0.2, 0.25) is 0 Å². The summed E-state index contributed by atoms with van der Waals surface area (Å²) < 4.78 is 7.89. The molecule has 0 amide bonds. The van der Waals surface area contributed by atoms with Crippen LogP contribution in [0, 0.1) is 0 Å². The highest BCUT2D eigenvalue weighted by atomic mass is 79.9. The van der Waals surface area contributed by atoms with Crippen molar-refractivity contribution in [3.63, 3.8) is 0 Å². The first-order chi connectivity index (χ1) is 8.54. The van der Waals surface area contributed by atoms with E-state index in [0.29, 0.717) is 5.69 Å². The Morgan fingerprint density at radius 3 is 2.17 bits per heavy atom. The molecule has 0 heterocycles. The Labute approximate surface area is 131 Å². The fourth-order valence-corrected chi connectivity index (χ4v) is 3.56. The van der Waals surface area contributed by atoms with Gasteiger partial charge in [-0.25, -0.2) is 0 Å². The Bertz CT molecular complexity index is 582. The molecule has 0 aliphatic carbocycles. The third kappa shape index (κ3) is 2.58. The van der Waals surface area contributed by atoms with Crippen molar-refractivity contribution < 1.29 is 4.74 Å². The lowest BCUT2D eigenvalue weighted by molar-refractivity contribution is 0.415. The summed E-state index contributed by atoms with van der Waals surface area (Å²) in [6.07, 6.45) is 0. The van der Waals surface area contributed by atoms with Crippen molar-refractivity contribution in [1.82, 2.24) is 0 Å². The second-order valence-electron chi connectivity index (χ2n) is 3.68. The van der Waals surface area contributed by atoms with Crippen LogP contribution in [0.15, 0.2) is 43.7 Å². The monoisotopic (exact) mass is 433 g/mol. The van der Waals surface area contributed by atoms with Crippen LogP contribution in [-0.4, -0.2) is 7.11 Å². The fourth-order valence-electron chi connectivity index (χ4n) is 1.64. The molecule has 0 fully saturated rings. The van der Waals surface area contributed by atoms with E-state index in [4.69, 9.17) is 10.5 Å². The quantitative estimate of drug-likeness (QED) is 0.517. The fraction of sp³-hybridized carbons (Fsp3) is 0.0769. The molecular weight excluding hydrogens is 426 g/mol. The zero-order chi connectivity index (χ0) is 13.3. The summed E-state index contributed by atoms with van der Waals surface area (Å²) >= 11 is 10.6. The minimum absolute atomic E-state index is 0.686. The molecule has 0 atom stereocenters. The molecule has 0 saturated carbocycles. The van der Waals surface area contributed by atoms with E-state index in [-0.39, 0.29) is 0 Å². The average Bonchev–Trinajstić information content (AvgIpc) is 2.37. The van der Waals surface area contributed by atoms with E-state index in [9.17, 15) is 0 Å². The molecule has 0 spiro atoms. The third-order valence-electron chi connectivity index (χ3n) is 2.57. The van der Waals surface area contributed by atoms with Crippen LogP contribution in [0.4, 0.5) is 5.69 Å². The van der Waals surface area contributed by atoms with Crippen molar-refractivity contribution >= 4 is 53.5 Å². The SMILES string of the molecule is COc1ccc(-c2c(Br)cc(N)c(Br)c2Br)cc1. The molecule has 2 aromatic rings. The first kappa shape index (κ1) is 13.9. The zero-order valence-corrected chi connectivity index (χ0v) is 14.3. The lowest BCUT2D eigenvalue weighted by Crippen LogP contribution is -1.91. The highest BCUT2D eigenvalue weighted by Gasteiger charge is 2.13. The Hall–Kier alpha value is -0.520. The van der Waals surface area contributed by atoms with Crippen molar-refractivity contribution in [2.45, 2.75) is 0 Å². The maximum Gasteiger partial charge on any atom is 0.118 e. The Morgan fingerprint density at radius 1 is 1.00 bits per heavy atom. The Morgan fingerprint density at radius 2 is 1.61 bits per heavy atom. The summed E-state index contributed by atoms with van der Waals surface area (Å²) in [5.41, 5.74) is 8.71. The number of halogens is 3. The smallest absolute Gasteiger partial charge is 0.118 e. The van der Waals surface area contributed by atoms with Gasteiger partial charge in [0.1, 0.15) is 5.75 Å². The molecule has 2 N–H and O–H groups in total. The Balaban J connectivity index is 2.59. The van der Waals surface area contributed by atoms with Gasteiger partial charge in [0.25, 0.3) is 0 Å². The summed E-state index contributed by atoms with van der Waals surface area (Å²) in [5.74, 6) is 0.834. The summed E-state index contributed by atoms with van der Waals surface area (Å²) in [5, 5.41) is 0. The van der Waals surface area contributed by atoms with E-state index in [1.165, 1.54) is 0 Å². The van der Waals surface area contributed by atoms with Gasteiger partial charge in [-0.05, 0) is 55.6 Å². The number of hydrogen-bond donors (Lipinski definition) is 1. The van der Waals surface area contributed by atoms with E-state index < -0.39 is 0 Å². The third-order valence-corrected chi connectivity index (χ3v) is 5.37. The van der Waals surface area contributed by atoms with Gasteiger partial charge in [0, 0.05) is 20.2 Å². The molecule has 2 nitrogen and oxygen atoms in total.